The maximum absolute atomic E-state index is 13.3. The monoisotopic (exact) mass is 411 g/mol. The molecule has 0 aliphatic carbocycles. The number of amides is 4. The van der Waals surface area contributed by atoms with Crippen LogP contribution in [0.1, 0.15) is 50.7 Å². The number of carbonyl (C=O) groups is 3. The molecule has 1 saturated heterocycles. The van der Waals surface area contributed by atoms with Gasteiger partial charge in [0.15, 0.2) is 0 Å². The van der Waals surface area contributed by atoms with Gasteiger partial charge < -0.3 is 10.6 Å². The second kappa shape index (κ2) is 8.65. The zero-order valence-corrected chi connectivity index (χ0v) is 17.4. The highest BCUT2D eigenvalue weighted by molar-refractivity contribution is 6.10. The summed E-state index contributed by atoms with van der Waals surface area (Å²) in [6.45, 7) is 5.49. The molecule has 7 heteroatoms. The highest BCUT2D eigenvalue weighted by atomic mass is 19.1. The van der Waals surface area contributed by atoms with Gasteiger partial charge in [0.1, 0.15) is 17.9 Å². The van der Waals surface area contributed by atoms with Crippen LogP contribution in [0, 0.1) is 5.82 Å². The topological polar surface area (TPSA) is 78.5 Å². The molecule has 6 nitrogen and oxygen atoms in total. The summed E-state index contributed by atoms with van der Waals surface area (Å²) in [6, 6.07) is 12.3. The van der Waals surface area contributed by atoms with Crippen molar-refractivity contribution in [2.24, 2.45) is 0 Å². The van der Waals surface area contributed by atoms with Crippen molar-refractivity contribution in [3.8, 4) is 0 Å². The molecule has 1 heterocycles. The Morgan fingerprint density at radius 1 is 1.13 bits per heavy atom. The predicted molar refractivity (Wildman–Crippen MR) is 112 cm³/mol. The van der Waals surface area contributed by atoms with Crippen LogP contribution in [0.25, 0.3) is 0 Å². The van der Waals surface area contributed by atoms with Gasteiger partial charge in [0.25, 0.3) is 5.91 Å². The number of para-hydroxylation sites is 1. The molecule has 1 fully saturated rings. The molecule has 4 amide bonds. The third-order valence-electron chi connectivity index (χ3n) is 5.72. The van der Waals surface area contributed by atoms with E-state index in [0.29, 0.717) is 11.3 Å². The maximum Gasteiger partial charge on any atom is 0.325 e. The van der Waals surface area contributed by atoms with Crippen molar-refractivity contribution in [2.75, 3.05) is 11.9 Å². The summed E-state index contributed by atoms with van der Waals surface area (Å²) < 4.78 is 13.3. The van der Waals surface area contributed by atoms with Crippen LogP contribution in [0.2, 0.25) is 0 Å². The molecule has 0 radical (unpaired) electrons. The average molecular weight is 411 g/mol. The van der Waals surface area contributed by atoms with Gasteiger partial charge in [0, 0.05) is 5.69 Å². The lowest BCUT2D eigenvalue weighted by Crippen LogP contribution is -2.44. The molecule has 3 rings (SSSR count). The molecule has 1 aliphatic heterocycles. The van der Waals surface area contributed by atoms with E-state index in [1.54, 1.807) is 13.0 Å². The van der Waals surface area contributed by atoms with Crippen LogP contribution in [0.15, 0.2) is 48.5 Å². The molecule has 0 aromatic heterocycles. The van der Waals surface area contributed by atoms with Crippen molar-refractivity contribution < 1.29 is 18.8 Å². The van der Waals surface area contributed by atoms with Crippen molar-refractivity contribution in [1.29, 1.82) is 0 Å². The first kappa shape index (κ1) is 21.5. The number of hydrogen-bond donors (Lipinski definition) is 2. The number of hydrogen-bond acceptors (Lipinski definition) is 3. The Kier molecular flexibility index (Phi) is 6.20. The Hall–Kier alpha value is -3.22. The first-order valence-electron chi connectivity index (χ1n) is 10.1. The van der Waals surface area contributed by atoms with Crippen LogP contribution in [-0.2, 0) is 15.1 Å². The van der Waals surface area contributed by atoms with Crippen molar-refractivity contribution in [1.82, 2.24) is 10.2 Å². The minimum atomic E-state index is -1.31. The van der Waals surface area contributed by atoms with Gasteiger partial charge >= 0.3 is 6.03 Å². The second-order valence-electron chi connectivity index (χ2n) is 7.53. The lowest BCUT2D eigenvalue weighted by Gasteiger charge is -2.25. The summed E-state index contributed by atoms with van der Waals surface area (Å²) in [4.78, 5) is 39.3. The number of benzene rings is 2. The molecule has 1 aliphatic rings. The number of halogens is 1. The van der Waals surface area contributed by atoms with E-state index in [0.717, 1.165) is 16.9 Å². The third kappa shape index (κ3) is 3.92. The Morgan fingerprint density at radius 2 is 1.80 bits per heavy atom. The Morgan fingerprint density at radius 3 is 2.43 bits per heavy atom. The van der Waals surface area contributed by atoms with Gasteiger partial charge in [-0.15, -0.1) is 0 Å². The van der Waals surface area contributed by atoms with Gasteiger partial charge in [0.05, 0.1) is 0 Å². The largest absolute Gasteiger partial charge is 0.325 e. The fraction of sp³-hybridized carbons (Fsp3) is 0.348. The van der Waals surface area contributed by atoms with Gasteiger partial charge in [-0.25, -0.2) is 9.18 Å². The van der Waals surface area contributed by atoms with Crippen LogP contribution in [0.5, 0.6) is 0 Å². The molecule has 0 spiro atoms. The van der Waals surface area contributed by atoms with Crippen LogP contribution in [-0.4, -0.2) is 29.3 Å². The molecule has 2 aromatic carbocycles. The third-order valence-corrected chi connectivity index (χ3v) is 5.72. The zero-order chi connectivity index (χ0) is 21.9. The van der Waals surface area contributed by atoms with Crippen LogP contribution >= 0.6 is 0 Å². The fourth-order valence-corrected chi connectivity index (χ4v) is 3.74. The lowest BCUT2D eigenvalue weighted by molar-refractivity contribution is -0.134. The number of anilines is 1. The smallest absolute Gasteiger partial charge is 0.324 e. The Labute approximate surface area is 175 Å². The van der Waals surface area contributed by atoms with E-state index in [1.165, 1.54) is 24.3 Å². The first-order chi connectivity index (χ1) is 14.3. The summed E-state index contributed by atoms with van der Waals surface area (Å²) in [5, 5.41) is 5.52. The molecule has 0 saturated carbocycles. The van der Waals surface area contributed by atoms with E-state index in [9.17, 15) is 18.8 Å². The summed E-state index contributed by atoms with van der Waals surface area (Å²) in [6.07, 6.45) is 1.19. The maximum atomic E-state index is 13.3. The summed E-state index contributed by atoms with van der Waals surface area (Å²) in [5.74, 6) is -1.16. The van der Waals surface area contributed by atoms with Crippen LogP contribution in [0.4, 0.5) is 14.9 Å². The van der Waals surface area contributed by atoms with Gasteiger partial charge in [-0.05, 0) is 48.1 Å². The number of carbonyl (C=O) groups excluding carboxylic acids is 3. The quantitative estimate of drug-likeness (QED) is 0.673. The highest BCUT2D eigenvalue weighted by Crippen LogP contribution is 2.33. The normalized spacial score (nSPS) is 19.5. The average Bonchev–Trinajstić information content (AvgIpc) is 2.99. The van der Waals surface area contributed by atoms with E-state index in [1.807, 2.05) is 18.2 Å². The number of nitrogens with zero attached hydrogens (tertiary/aromatic N) is 1. The summed E-state index contributed by atoms with van der Waals surface area (Å²) >= 11 is 0. The SMILES string of the molecule is CC[C@@H](C)c1ccccc1NC(=O)CN1C(=O)N[C@](CC)(c2ccc(F)cc2)C1=O. The van der Waals surface area contributed by atoms with E-state index in [2.05, 4.69) is 24.5 Å². The van der Waals surface area contributed by atoms with Gasteiger partial charge in [-0.1, -0.05) is 51.1 Å². The van der Waals surface area contributed by atoms with Gasteiger partial charge in [0.2, 0.25) is 5.91 Å². The molecule has 2 aromatic rings. The molecule has 158 valence electrons. The van der Waals surface area contributed by atoms with E-state index < -0.39 is 35.7 Å². The van der Waals surface area contributed by atoms with Crippen molar-refractivity contribution in [2.45, 2.75) is 45.1 Å². The molecule has 0 bridgehead atoms. The number of rotatable bonds is 7. The zero-order valence-electron chi connectivity index (χ0n) is 17.4. The molecule has 2 N–H and O–H groups in total. The molecule has 30 heavy (non-hydrogen) atoms. The van der Waals surface area contributed by atoms with Crippen molar-refractivity contribution in [3.05, 3.63) is 65.5 Å². The van der Waals surface area contributed by atoms with Crippen LogP contribution in [0.3, 0.4) is 0 Å². The molecule has 0 unspecified atom stereocenters. The van der Waals surface area contributed by atoms with E-state index >= 15 is 0 Å². The minimum absolute atomic E-state index is 0.254. The Balaban J connectivity index is 1.79. The molecular weight excluding hydrogens is 385 g/mol. The first-order valence-corrected chi connectivity index (χ1v) is 10.1. The summed E-state index contributed by atoms with van der Waals surface area (Å²) in [5.41, 5.74) is 0.846. The van der Waals surface area contributed by atoms with Gasteiger partial charge in [-0.2, -0.15) is 0 Å². The standard InChI is InChI=1S/C23H26FN3O3/c1-4-15(3)18-8-6-7-9-19(18)25-20(28)14-27-21(29)23(5-2,26-22(27)30)16-10-12-17(24)13-11-16/h6-13,15H,4-5,14H2,1-3H3,(H,25,28)(H,26,30)/t15-,23-/m1/s1. The molecule has 2 atom stereocenters. The number of imide groups is 1. The predicted octanol–water partition coefficient (Wildman–Crippen LogP) is 4.14. The summed E-state index contributed by atoms with van der Waals surface area (Å²) in [7, 11) is 0. The fourth-order valence-electron chi connectivity index (χ4n) is 3.74. The van der Waals surface area contributed by atoms with E-state index in [-0.39, 0.29) is 12.3 Å². The number of nitrogens with one attached hydrogen (secondary N) is 2. The number of urea groups is 1. The lowest BCUT2D eigenvalue weighted by atomic mass is 9.87. The minimum Gasteiger partial charge on any atom is -0.324 e. The second-order valence-corrected chi connectivity index (χ2v) is 7.53. The van der Waals surface area contributed by atoms with E-state index in [4.69, 9.17) is 0 Å². The Bertz CT molecular complexity index is 960. The van der Waals surface area contributed by atoms with Gasteiger partial charge in [-0.3, -0.25) is 14.5 Å². The molecular formula is C23H26FN3O3. The van der Waals surface area contributed by atoms with Crippen molar-refractivity contribution >= 4 is 23.5 Å². The highest BCUT2D eigenvalue weighted by Gasteiger charge is 2.51. The van der Waals surface area contributed by atoms with Crippen LogP contribution < -0.4 is 10.6 Å². The van der Waals surface area contributed by atoms with Crippen molar-refractivity contribution in [3.63, 3.8) is 0 Å².